The molecule has 0 amide bonds. The number of H-pyrrole nitrogens is 1. The van der Waals surface area contributed by atoms with E-state index in [0.29, 0.717) is 30.0 Å². The highest BCUT2D eigenvalue weighted by Crippen LogP contribution is 2.30. The number of fused-ring (bicyclic) bond motifs is 1. The molecule has 0 bridgehead atoms. The number of unbranched alkanes of at least 4 members (excludes halogenated alkanes) is 2. The summed E-state index contributed by atoms with van der Waals surface area (Å²) in [5.41, 5.74) is 5.90. The summed E-state index contributed by atoms with van der Waals surface area (Å²) in [5.74, 6) is 1.33. The van der Waals surface area contributed by atoms with Crippen molar-refractivity contribution in [2.45, 2.75) is 65.1 Å². The van der Waals surface area contributed by atoms with E-state index in [4.69, 9.17) is 4.98 Å². The second-order valence-corrected chi connectivity index (χ2v) is 12.7. The Morgan fingerprint density at radius 3 is 1.96 bits per heavy atom. The normalized spacial score (nSPS) is 12.7. The fourth-order valence-electron chi connectivity index (χ4n) is 6.80. The Hall–Kier alpha value is -5.90. The molecule has 0 saturated heterocycles. The lowest BCUT2D eigenvalue weighted by Gasteiger charge is -2.21. The molecule has 3 aromatic heterocycles. The van der Waals surface area contributed by atoms with Gasteiger partial charge in [-0.25, -0.2) is 9.78 Å². The van der Waals surface area contributed by atoms with Gasteiger partial charge in [-0.1, -0.05) is 129 Å². The van der Waals surface area contributed by atoms with Crippen LogP contribution in [-0.2, 0) is 13.0 Å². The van der Waals surface area contributed by atoms with Gasteiger partial charge in [-0.05, 0) is 53.3 Å². The third kappa shape index (κ3) is 6.20. The van der Waals surface area contributed by atoms with Crippen molar-refractivity contribution < 1.29 is 0 Å². The van der Waals surface area contributed by atoms with E-state index >= 15 is 0 Å². The van der Waals surface area contributed by atoms with Crippen molar-refractivity contribution in [2.24, 2.45) is 0 Å². The van der Waals surface area contributed by atoms with Crippen LogP contribution in [0, 0.1) is 0 Å². The van der Waals surface area contributed by atoms with Gasteiger partial charge in [0.05, 0.1) is 12.1 Å². The summed E-state index contributed by atoms with van der Waals surface area (Å²) in [6.45, 7) is 6.51. The van der Waals surface area contributed by atoms with E-state index in [2.05, 4.69) is 51.8 Å². The molecule has 50 heavy (non-hydrogen) atoms. The molecule has 0 aliphatic rings. The summed E-state index contributed by atoms with van der Waals surface area (Å²) >= 11 is 0. The SMILES string of the molecule is CCCCCc1nc2c(c(=O)n(C(C)c3ccccc3)c(=O)n2C(C)c2ccccc2)n1Cc1ccc(-c2ccccc2-c2nn[nH]n2)cc1. The fourth-order valence-corrected chi connectivity index (χ4v) is 6.80. The highest BCUT2D eigenvalue weighted by atomic mass is 16.2. The molecular formula is C40H40N8O2. The number of hydrogen-bond donors (Lipinski definition) is 1. The first kappa shape index (κ1) is 32.6. The minimum atomic E-state index is -0.486. The van der Waals surface area contributed by atoms with Crippen LogP contribution in [-0.4, -0.2) is 39.3 Å². The number of tetrazole rings is 1. The maximum atomic E-state index is 14.7. The molecule has 4 aromatic carbocycles. The molecule has 0 spiro atoms. The van der Waals surface area contributed by atoms with Crippen molar-refractivity contribution in [3.8, 4) is 22.5 Å². The largest absolute Gasteiger partial charge is 0.333 e. The number of aryl methyl sites for hydroxylation is 1. The first-order valence-corrected chi connectivity index (χ1v) is 17.2. The molecule has 0 radical (unpaired) electrons. The van der Waals surface area contributed by atoms with Crippen LogP contribution in [0.5, 0.6) is 0 Å². The van der Waals surface area contributed by atoms with Gasteiger partial charge in [0, 0.05) is 18.5 Å². The maximum absolute atomic E-state index is 14.7. The molecule has 3 heterocycles. The van der Waals surface area contributed by atoms with Crippen LogP contribution in [0.1, 0.15) is 74.6 Å². The molecule has 10 heteroatoms. The average Bonchev–Trinajstić information content (AvgIpc) is 3.82. The topological polar surface area (TPSA) is 116 Å². The fraction of sp³-hybridized carbons (Fsp3) is 0.250. The van der Waals surface area contributed by atoms with Gasteiger partial charge in [0.2, 0.25) is 5.82 Å². The standard InChI is InChI=1S/C40H40N8O2/c1-4-5-8-21-35-41-38-36(46(35)26-29-22-24-32(25-23-29)33-19-13-14-20-34(33)37-42-44-45-43-37)39(49)48(28(3)31-17-11-7-12-18-31)40(50)47(38)27(2)30-15-9-6-10-16-30/h6-7,9-20,22-25,27-28H,4-5,8,21,26H2,1-3H3,(H,42,43,44,45). The highest BCUT2D eigenvalue weighted by Gasteiger charge is 2.27. The zero-order valence-electron chi connectivity index (χ0n) is 28.5. The van der Waals surface area contributed by atoms with Gasteiger partial charge >= 0.3 is 5.69 Å². The number of imidazole rings is 1. The summed E-state index contributed by atoms with van der Waals surface area (Å²) in [6.07, 6.45) is 3.73. The Balaban J connectivity index is 1.39. The molecule has 7 aromatic rings. The summed E-state index contributed by atoms with van der Waals surface area (Å²) in [6, 6.07) is 35.1. The number of aromatic nitrogens is 8. The number of aromatic amines is 1. The zero-order valence-corrected chi connectivity index (χ0v) is 28.5. The molecule has 0 fully saturated rings. The lowest BCUT2D eigenvalue weighted by Crippen LogP contribution is -2.43. The summed E-state index contributed by atoms with van der Waals surface area (Å²) < 4.78 is 5.16. The molecule has 1 N–H and O–H groups in total. The van der Waals surface area contributed by atoms with Gasteiger partial charge in [-0.2, -0.15) is 5.21 Å². The Morgan fingerprint density at radius 1 is 0.720 bits per heavy atom. The minimum absolute atomic E-state index is 0.335. The lowest BCUT2D eigenvalue weighted by atomic mass is 9.98. The van der Waals surface area contributed by atoms with Gasteiger partial charge in [-0.3, -0.25) is 13.9 Å². The minimum Gasteiger partial charge on any atom is -0.318 e. The second kappa shape index (κ2) is 14.3. The summed E-state index contributed by atoms with van der Waals surface area (Å²) in [5, 5.41) is 14.7. The molecule has 0 aliphatic heterocycles. The Bertz CT molecular complexity index is 2320. The third-order valence-corrected chi connectivity index (χ3v) is 9.55. The molecular weight excluding hydrogens is 624 g/mol. The van der Waals surface area contributed by atoms with Gasteiger partial charge in [-0.15, -0.1) is 10.2 Å². The van der Waals surface area contributed by atoms with Crippen LogP contribution in [0.3, 0.4) is 0 Å². The van der Waals surface area contributed by atoms with E-state index in [1.165, 1.54) is 4.57 Å². The Morgan fingerprint density at radius 2 is 1.34 bits per heavy atom. The van der Waals surface area contributed by atoms with Crippen molar-refractivity contribution in [1.82, 2.24) is 39.3 Å². The summed E-state index contributed by atoms with van der Waals surface area (Å²) in [4.78, 5) is 34.3. The number of hydrogen-bond acceptors (Lipinski definition) is 6. The number of nitrogens with one attached hydrogen (secondary N) is 1. The second-order valence-electron chi connectivity index (χ2n) is 12.7. The van der Waals surface area contributed by atoms with E-state index in [1.807, 2.05) is 103 Å². The smallest absolute Gasteiger partial charge is 0.318 e. The van der Waals surface area contributed by atoms with Crippen LogP contribution >= 0.6 is 0 Å². The average molecular weight is 665 g/mol. The predicted molar refractivity (Wildman–Crippen MR) is 196 cm³/mol. The lowest BCUT2D eigenvalue weighted by molar-refractivity contribution is 0.515. The van der Waals surface area contributed by atoms with Crippen molar-refractivity contribution in [3.05, 3.63) is 153 Å². The van der Waals surface area contributed by atoms with Gasteiger partial charge in [0.25, 0.3) is 5.56 Å². The van der Waals surface area contributed by atoms with E-state index in [-0.39, 0.29) is 17.3 Å². The maximum Gasteiger partial charge on any atom is 0.333 e. The van der Waals surface area contributed by atoms with E-state index in [9.17, 15) is 9.59 Å². The van der Waals surface area contributed by atoms with Gasteiger partial charge in [0.1, 0.15) is 5.82 Å². The molecule has 252 valence electrons. The quantitative estimate of drug-likeness (QED) is 0.138. The third-order valence-electron chi connectivity index (χ3n) is 9.55. The van der Waals surface area contributed by atoms with Crippen LogP contribution in [0.15, 0.2) is 119 Å². The highest BCUT2D eigenvalue weighted by molar-refractivity contribution is 5.80. The molecule has 7 rings (SSSR count). The monoisotopic (exact) mass is 664 g/mol. The molecule has 0 aliphatic carbocycles. The van der Waals surface area contributed by atoms with Crippen LogP contribution in [0.4, 0.5) is 0 Å². The van der Waals surface area contributed by atoms with Crippen molar-refractivity contribution in [3.63, 3.8) is 0 Å². The van der Waals surface area contributed by atoms with Crippen LogP contribution in [0.2, 0.25) is 0 Å². The predicted octanol–water partition coefficient (Wildman–Crippen LogP) is 7.21. The first-order valence-electron chi connectivity index (χ1n) is 17.2. The zero-order chi connectivity index (χ0) is 34.6. The van der Waals surface area contributed by atoms with Gasteiger partial charge in [0.15, 0.2) is 11.2 Å². The Labute approximate surface area is 290 Å². The van der Waals surface area contributed by atoms with Crippen molar-refractivity contribution in [2.75, 3.05) is 0 Å². The van der Waals surface area contributed by atoms with Crippen LogP contribution in [0.25, 0.3) is 33.7 Å². The number of nitrogens with zero attached hydrogens (tertiary/aromatic N) is 7. The number of rotatable bonds is 12. The van der Waals surface area contributed by atoms with E-state index < -0.39 is 6.04 Å². The summed E-state index contributed by atoms with van der Waals surface area (Å²) in [7, 11) is 0. The number of benzene rings is 4. The van der Waals surface area contributed by atoms with E-state index in [1.54, 1.807) is 4.57 Å². The molecule has 2 atom stereocenters. The molecule has 10 nitrogen and oxygen atoms in total. The Kier molecular flexibility index (Phi) is 9.33. The van der Waals surface area contributed by atoms with Gasteiger partial charge < -0.3 is 4.57 Å². The first-order chi connectivity index (χ1) is 24.5. The van der Waals surface area contributed by atoms with Crippen LogP contribution < -0.4 is 11.2 Å². The molecule has 0 saturated carbocycles. The van der Waals surface area contributed by atoms with E-state index in [0.717, 1.165) is 58.5 Å². The van der Waals surface area contributed by atoms with Crippen molar-refractivity contribution in [1.29, 1.82) is 0 Å². The van der Waals surface area contributed by atoms with Crippen molar-refractivity contribution >= 4 is 11.2 Å². The molecule has 2 unspecified atom stereocenters.